The molecule has 368 valence electrons. The summed E-state index contributed by atoms with van der Waals surface area (Å²) in [5.41, 5.74) is 0. The van der Waals surface area contributed by atoms with E-state index in [1.807, 2.05) is 0 Å². The van der Waals surface area contributed by atoms with E-state index in [1.165, 1.54) is 0 Å². The zero-order valence-electron chi connectivity index (χ0n) is 25.5. The van der Waals surface area contributed by atoms with E-state index in [9.17, 15) is 162 Å². The molecular formula is C18HF37O6. The first kappa shape index (κ1) is 58.2. The molecule has 0 saturated heterocycles. The van der Waals surface area contributed by atoms with Gasteiger partial charge in [0.15, 0.2) is 0 Å². The highest BCUT2D eigenvalue weighted by Crippen LogP contribution is 2.62. The topological polar surface area (TPSA) is 66.4 Å². The van der Waals surface area contributed by atoms with Crippen molar-refractivity contribution in [1.29, 1.82) is 0 Å². The van der Waals surface area contributed by atoms with Crippen molar-refractivity contribution in [1.82, 2.24) is 0 Å². The monoisotopic (exact) mass is 1020 g/mol. The van der Waals surface area contributed by atoms with Crippen LogP contribution in [0.5, 0.6) is 0 Å². The highest BCUT2D eigenvalue weighted by atomic mass is 19.5. The molecule has 0 fully saturated rings. The predicted molar refractivity (Wildman–Crippen MR) is 97.8 cm³/mol. The molecular weight excluding hydrogens is 1020 g/mol. The fourth-order valence-electron chi connectivity index (χ4n) is 2.79. The Labute approximate surface area is 301 Å². The van der Waals surface area contributed by atoms with Gasteiger partial charge in [-0.25, -0.2) is 0 Å². The number of halogens is 37. The molecule has 0 radical (unpaired) electrons. The fourth-order valence-corrected chi connectivity index (χ4v) is 2.79. The van der Waals surface area contributed by atoms with Crippen molar-refractivity contribution in [2.75, 3.05) is 0 Å². The summed E-state index contributed by atoms with van der Waals surface area (Å²) in [5, 5.41) is 7.75. The molecule has 43 heteroatoms. The van der Waals surface area contributed by atoms with E-state index in [0.717, 1.165) is 9.47 Å². The van der Waals surface area contributed by atoms with Crippen molar-refractivity contribution in [2.45, 2.75) is 109 Å². The number of alkyl halides is 37. The number of ether oxygens (including phenoxy) is 5. The Kier molecular flexibility index (Phi) is 14.2. The maximum atomic E-state index is 14.6. The fraction of sp³-hybridized carbons (Fsp3) is 1.00. The van der Waals surface area contributed by atoms with Crippen LogP contribution < -0.4 is 0 Å². The number of rotatable bonds is 16. The van der Waals surface area contributed by atoms with E-state index in [2.05, 4.69) is 0 Å². The Morgan fingerprint density at radius 2 is 0.344 bits per heavy atom. The van der Waals surface area contributed by atoms with Gasteiger partial charge in [0.1, 0.15) is 0 Å². The van der Waals surface area contributed by atoms with Gasteiger partial charge in [-0.2, -0.15) is 162 Å². The largest absolute Gasteiger partial charge is 0.462 e. The van der Waals surface area contributed by atoms with Gasteiger partial charge in [0, 0.05) is 0 Å². The third-order valence-corrected chi connectivity index (χ3v) is 5.77. The number of hydrogen-bond acceptors (Lipinski definition) is 6. The summed E-state index contributed by atoms with van der Waals surface area (Å²) < 4.78 is 497. The Hall–Kier alpha value is -2.83. The molecule has 0 aliphatic carbocycles. The molecule has 0 rings (SSSR count). The van der Waals surface area contributed by atoms with Crippen LogP contribution in [0.1, 0.15) is 0 Å². The lowest BCUT2D eigenvalue weighted by molar-refractivity contribution is -0.603. The minimum absolute atomic E-state index is 0.622. The van der Waals surface area contributed by atoms with Crippen LogP contribution in [0, 0.1) is 0 Å². The zero-order chi connectivity index (χ0) is 50.5. The van der Waals surface area contributed by atoms with Gasteiger partial charge in [0.05, 0.1) is 0 Å². The lowest BCUT2D eigenvalue weighted by Gasteiger charge is -2.44. The van der Waals surface area contributed by atoms with Gasteiger partial charge in [-0.15, -0.1) is 0 Å². The predicted octanol–water partition coefficient (Wildman–Crippen LogP) is 11.0. The number of hydrogen-bond donors (Lipinski definition) is 1. The minimum atomic E-state index is -9.68. The van der Waals surface area contributed by atoms with E-state index < -0.39 is 109 Å². The third kappa shape index (κ3) is 9.52. The summed E-state index contributed by atoms with van der Waals surface area (Å²) in [6, 6.07) is 0. The van der Waals surface area contributed by atoms with Crippen molar-refractivity contribution in [3.8, 4) is 0 Å². The van der Waals surface area contributed by atoms with Crippen molar-refractivity contribution >= 4 is 0 Å². The summed E-state index contributed by atoms with van der Waals surface area (Å²) >= 11 is 0. The van der Waals surface area contributed by atoms with Crippen LogP contribution in [0.2, 0.25) is 0 Å². The molecule has 0 aliphatic rings. The second kappa shape index (κ2) is 14.9. The molecule has 1 N–H and O–H groups in total. The van der Waals surface area contributed by atoms with E-state index >= 15 is 0 Å². The Bertz CT molecular complexity index is 1510. The van der Waals surface area contributed by atoms with Crippen molar-refractivity contribution in [2.24, 2.45) is 0 Å². The molecule has 5 unspecified atom stereocenters. The maximum Gasteiger partial charge on any atom is 0.462 e. The normalized spacial score (nSPS) is 21.0. The Morgan fingerprint density at radius 3 is 0.475 bits per heavy atom. The summed E-state index contributed by atoms with van der Waals surface area (Å²) in [7, 11) is 0. The Morgan fingerprint density at radius 1 is 0.197 bits per heavy atom. The lowest BCUT2D eigenvalue weighted by Crippen LogP contribution is -2.73. The smallest absolute Gasteiger partial charge is 0.331 e. The lowest BCUT2D eigenvalue weighted by atomic mass is 10.2. The molecule has 0 aromatic carbocycles. The molecule has 0 spiro atoms. The molecule has 0 aliphatic heterocycles. The van der Waals surface area contributed by atoms with Crippen molar-refractivity contribution in [3.05, 3.63) is 0 Å². The molecule has 0 bridgehead atoms. The first-order valence-electron chi connectivity index (χ1n) is 12.3. The van der Waals surface area contributed by atoms with Crippen molar-refractivity contribution in [3.63, 3.8) is 0 Å². The van der Waals surface area contributed by atoms with E-state index in [-0.39, 0.29) is 0 Å². The third-order valence-electron chi connectivity index (χ3n) is 5.77. The molecule has 0 aromatic rings. The van der Waals surface area contributed by atoms with Crippen LogP contribution in [0.15, 0.2) is 0 Å². The average Bonchev–Trinajstić information content (AvgIpc) is 2.91. The van der Waals surface area contributed by atoms with Gasteiger partial charge in [0.25, 0.3) is 0 Å². The second-order valence-corrected chi connectivity index (χ2v) is 10.2. The summed E-state index contributed by atoms with van der Waals surface area (Å²) in [5.74, 6) is -55.0. The van der Waals surface area contributed by atoms with Crippen LogP contribution in [0.4, 0.5) is 162 Å². The molecule has 0 amide bonds. The van der Waals surface area contributed by atoms with Gasteiger partial charge < -0.3 is 5.11 Å². The van der Waals surface area contributed by atoms with E-state index in [1.54, 1.807) is 0 Å². The van der Waals surface area contributed by atoms with Crippen LogP contribution in [0.25, 0.3) is 0 Å². The van der Waals surface area contributed by atoms with E-state index in [0.29, 0.717) is 14.2 Å². The second-order valence-electron chi connectivity index (χ2n) is 10.2. The number of aliphatic hydroxyl groups is 1. The van der Waals surface area contributed by atoms with Gasteiger partial charge in [-0.1, -0.05) is 0 Å². The van der Waals surface area contributed by atoms with E-state index in [4.69, 9.17) is 5.11 Å². The minimum Gasteiger partial charge on any atom is -0.331 e. The zero-order valence-corrected chi connectivity index (χ0v) is 25.5. The maximum absolute atomic E-state index is 14.6. The van der Waals surface area contributed by atoms with Crippen LogP contribution >= 0.6 is 0 Å². The quantitative estimate of drug-likeness (QED) is 0.155. The van der Waals surface area contributed by atoms with Gasteiger partial charge >= 0.3 is 109 Å². The molecule has 0 heterocycles. The standard InChI is InChI=1S/C18HF37O6/c19-1(20,7(26,27)28)14(46,47)58-3(22,9(32,33)34)16(50,51)60-5(24,11(38,39)40)18(54,55)61-6(25,12(41,42)43)17(52,53)59-4(23,10(35,36)37)15(48,49)57-2(21,8(29,30)31)13(44,45)56/h56H. The summed E-state index contributed by atoms with van der Waals surface area (Å²) in [6.07, 6.45) is -107. The molecule has 0 saturated carbocycles. The first-order valence-corrected chi connectivity index (χ1v) is 12.3. The molecule has 61 heavy (non-hydrogen) atoms. The van der Waals surface area contributed by atoms with Gasteiger partial charge in [-0.3, -0.25) is 23.7 Å². The highest BCUT2D eigenvalue weighted by molar-refractivity contribution is 5.01. The van der Waals surface area contributed by atoms with Gasteiger partial charge in [0.2, 0.25) is 0 Å². The first-order chi connectivity index (χ1) is 25.5. The summed E-state index contributed by atoms with van der Waals surface area (Å²) in [4.78, 5) is 0. The van der Waals surface area contributed by atoms with Crippen LogP contribution in [-0.4, -0.2) is 114 Å². The molecule has 5 atom stereocenters. The highest BCUT2D eigenvalue weighted by Gasteiger charge is 2.92. The molecule has 6 nitrogen and oxygen atoms in total. The van der Waals surface area contributed by atoms with Gasteiger partial charge in [-0.05, 0) is 0 Å². The average molecular weight is 1020 g/mol. The summed E-state index contributed by atoms with van der Waals surface area (Å²) in [6.45, 7) is 0. The van der Waals surface area contributed by atoms with Crippen LogP contribution in [-0.2, 0) is 23.7 Å². The van der Waals surface area contributed by atoms with Crippen molar-refractivity contribution < 1.29 is 191 Å². The Balaban J connectivity index is 8.06. The van der Waals surface area contributed by atoms with Crippen LogP contribution in [0.3, 0.4) is 0 Å². The SMILES string of the molecule is OC(F)(F)C(F)(OC(F)(F)C(F)(OC(F)(F)C(F)(OC(F)(F)C(F)(OC(F)(F)C(F)(OC(F)(F)C(F)(F)C(F)(F)F)C(F)(F)F)C(F)(F)F)C(F)(F)F)C(F)(F)F)C(F)(F)F. The molecule has 0 aromatic heterocycles.